The summed E-state index contributed by atoms with van der Waals surface area (Å²) >= 11 is 1.25. The zero-order valence-electron chi connectivity index (χ0n) is 18.4. The number of amides is 2. The van der Waals surface area contributed by atoms with Crippen LogP contribution in [0.4, 0.5) is 5.69 Å². The summed E-state index contributed by atoms with van der Waals surface area (Å²) in [7, 11) is 1.61. The SMILES string of the molecule is COc1cccc(CNC(=O)CSC2=Nc3ccccc3C3=N[C@@H](CC(C)C)C(=O)N23)c1. The van der Waals surface area contributed by atoms with Crippen LogP contribution in [0.5, 0.6) is 5.75 Å². The maximum atomic E-state index is 13.1. The minimum atomic E-state index is -0.413. The standard InChI is InChI=1S/C24H26N4O3S/c1-15(2)11-20-23(30)28-22(26-20)18-9-4-5-10-19(18)27-24(28)32-14-21(29)25-13-16-7-6-8-17(12-16)31-3/h4-10,12,15,20H,11,13-14H2,1-3H3,(H,25,29)/t20-/m0/s1. The van der Waals surface area contributed by atoms with Gasteiger partial charge in [-0.05, 0) is 42.2 Å². The third-order valence-electron chi connectivity index (χ3n) is 5.20. The zero-order chi connectivity index (χ0) is 22.7. The van der Waals surface area contributed by atoms with Crippen LogP contribution in [0.25, 0.3) is 0 Å². The lowest BCUT2D eigenvalue weighted by atomic mass is 10.0. The predicted octanol–water partition coefficient (Wildman–Crippen LogP) is 3.75. The van der Waals surface area contributed by atoms with Crippen LogP contribution in [-0.4, -0.2) is 46.6 Å². The van der Waals surface area contributed by atoms with Gasteiger partial charge in [0.1, 0.15) is 17.6 Å². The molecule has 2 aliphatic rings. The third kappa shape index (κ3) is 4.70. The molecule has 0 radical (unpaired) electrons. The van der Waals surface area contributed by atoms with Gasteiger partial charge in [-0.15, -0.1) is 0 Å². The number of fused-ring (bicyclic) bond motifs is 3. The van der Waals surface area contributed by atoms with E-state index < -0.39 is 6.04 Å². The van der Waals surface area contributed by atoms with Crippen LogP contribution in [-0.2, 0) is 16.1 Å². The molecule has 0 saturated heterocycles. The van der Waals surface area contributed by atoms with Gasteiger partial charge in [0.2, 0.25) is 5.91 Å². The highest BCUT2D eigenvalue weighted by molar-refractivity contribution is 8.14. The first kappa shape index (κ1) is 22.1. The Morgan fingerprint density at radius 2 is 2.03 bits per heavy atom. The average Bonchev–Trinajstić information content (AvgIpc) is 3.12. The van der Waals surface area contributed by atoms with E-state index in [2.05, 4.69) is 24.2 Å². The van der Waals surface area contributed by atoms with E-state index in [0.29, 0.717) is 29.9 Å². The van der Waals surface area contributed by atoms with E-state index in [1.165, 1.54) is 11.8 Å². The second-order valence-electron chi connectivity index (χ2n) is 8.10. The smallest absolute Gasteiger partial charge is 0.259 e. The van der Waals surface area contributed by atoms with Crippen molar-refractivity contribution in [3.05, 3.63) is 59.7 Å². The first-order chi connectivity index (χ1) is 15.5. The highest BCUT2D eigenvalue weighted by Crippen LogP contribution is 2.34. The Morgan fingerprint density at radius 3 is 2.81 bits per heavy atom. The summed E-state index contributed by atoms with van der Waals surface area (Å²) in [6.07, 6.45) is 0.681. The molecule has 1 atom stereocenters. The molecule has 4 rings (SSSR count). The normalized spacial score (nSPS) is 16.9. The van der Waals surface area contributed by atoms with Gasteiger partial charge in [-0.3, -0.25) is 14.6 Å². The minimum absolute atomic E-state index is 0.0776. The second kappa shape index (κ2) is 9.56. The number of aliphatic imine (C=N–C) groups is 2. The largest absolute Gasteiger partial charge is 0.497 e. The highest BCUT2D eigenvalue weighted by atomic mass is 32.2. The Morgan fingerprint density at radius 1 is 1.22 bits per heavy atom. The van der Waals surface area contributed by atoms with Crippen LogP contribution >= 0.6 is 11.8 Å². The summed E-state index contributed by atoms with van der Waals surface area (Å²) in [5.41, 5.74) is 2.56. The predicted molar refractivity (Wildman–Crippen MR) is 127 cm³/mol. The summed E-state index contributed by atoms with van der Waals surface area (Å²) < 4.78 is 5.22. The lowest BCUT2D eigenvalue weighted by Crippen LogP contribution is -2.41. The number of thioether (sulfide) groups is 1. The third-order valence-corrected chi connectivity index (χ3v) is 6.14. The van der Waals surface area contributed by atoms with Gasteiger partial charge in [0.15, 0.2) is 5.17 Å². The minimum Gasteiger partial charge on any atom is -0.497 e. The van der Waals surface area contributed by atoms with Gasteiger partial charge >= 0.3 is 0 Å². The van der Waals surface area contributed by atoms with Crippen molar-refractivity contribution >= 4 is 40.3 Å². The van der Waals surface area contributed by atoms with Crippen LogP contribution in [0.3, 0.4) is 0 Å². The number of carbonyl (C=O) groups excluding carboxylic acids is 2. The molecule has 0 fully saturated rings. The van der Waals surface area contributed by atoms with Crippen molar-refractivity contribution in [1.82, 2.24) is 10.2 Å². The molecule has 2 aliphatic heterocycles. The topological polar surface area (TPSA) is 83.4 Å². The Balaban J connectivity index is 1.46. The van der Waals surface area contributed by atoms with Gasteiger partial charge in [0, 0.05) is 12.1 Å². The fourth-order valence-corrected chi connectivity index (χ4v) is 4.49. The van der Waals surface area contributed by atoms with Crippen molar-refractivity contribution in [3.8, 4) is 5.75 Å². The molecule has 2 amide bonds. The Labute approximate surface area is 192 Å². The van der Waals surface area contributed by atoms with Crippen LogP contribution in [0.15, 0.2) is 58.5 Å². The fourth-order valence-electron chi connectivity index (χ4n) is 3.66. The molecule has 0 spiro atoms. The Bertz CT molecular complexity index is 1100. The van der Waals surface area contributed by atoms with E-state index in [1.807, 2.05) is 48.5 Å². The molecular weight excluding hydrogens is 424 g/mol. The van der Waals surface area contributed by atoms with E-state index in [1.54, 1.807) is 12.0 Å². The van der Waals surface area contributed by atoms with Crippen molar-refractivity contribution in [2.45, 2.75) is 32.9 Å². The van der Waals surface area contributed by atoms with Gasteiger partial charge in [0.25, 0.3) is 5.91 Å². The molecule has 32 heavy (non-hydrogen) atoms. The second-order valence-corrected chi connectivity index (χ2v) is 9.04. The maximum Gasteiger partial charge on any atom is 0.259 e. The van der Waals surface area contributed by atoms with Crippen LogP contribution in [0.2, 0.25) is 0 Å². The van der Waals surface area contributed by atoms with Crippen LogP contribution in [0, 0.1) is 5.92 Å². The first-order valence-corrected chi connectivity index (χ1v) is 11.6. The number of hydrogen-bond acceptors (Lipinski definition) is 6. The average molecular weight is 451 g/mol. The molecule has 0 unspecified atom stereocenters. The number of methoxy groups -OCH3 is 1. The van der Waals surface area contributed by atoms with E-state index in [4.69, 9.17) is 9.73 Å². The van der Waals surface area contributed by atoms with Gasteiger partial charge in [-0.2, -0.15) is 0 Å². The molecule has 0 bridgehead atoms. The molecule has 0 aromatic heterocycles. The number of rotatable bonds is 7. The quantitative estimate of drug-likeness (QED) is 0.696. The fraction of sp³-hybridized carbons (Fsp3) is 0.333. The number of ether oxygens (including phenoxy) is 1. The monoisotopic (exact) mass is 450 g/mol. The van der Waals surface area contributed by atoms with Crippen LogP contribution in [0.1, 0.15) is 31.4 Å². The molecule has 166 valence electrons. The molecule has 7 nitrogen and oxygen atoms in total. The van der Waals surface area contributed by atoms with Crippen molar-refractivity contribution in [3.63, 3.8) is 0 Å². The summed E-state index contributed by atoms with van der Waals surface area (Å²) in [6, 6.07) is 14.8. The van der Waals surface area contributed by atoms with Gasteiger partial charge in [-0.25, -0.2) is 9.89 Å². The lowest BCUT2D eigenvalue weighted by Gasteiger charge is -2.25. The summed E-state index contributed by atoms with van der Waals surface area (Å²) in [4.78, 5) is 36.6. The number of hydrogen-bond donors (Lipinski definition) is 1. The van der Waals surface area contributed by atoms with E-state index in [0.717, 1.165) is 22.6 Å². The van der Waals surface area contributed by atoms with Crippen molar-refractivity contribution < 1.29 is 14.3 Å². The maximum absolute atomic E-state index is 13.1. The number of amidine groups is 2. The van der Waals surface area contributed by atoms with Gasteiger partial charge in [-0.1, -0.05) is 49.9 Å². The number of nitrogens with one attached hydrogen (secondary N) is 1. The Kier molecular flexibility index (Phi) is 6.60. The molecule has 0 saturated carbocycles. The molecule has 2 aromatic carbocycles. The molecule has 0 aliphatic carbocycles. The summed E-state index contributed by atoms with van der Waals surface area (Å²) in [5.74, 6) is 1.66. The molecule has 8 heteroatoms. The molecule has 2 heterocycles. The van der Waals surface area contributed by atoms with Gasteiger partial charge in [0.05, 0.1) is 18.6 Å². The lowest BCUT2D eigenvalue weighted by molar-refractivity contribution is -0.125. The van der Waals surface area contributed by atoms with Crippen LogP contribution < -0.4 is 10.1 Å². The van der Waals surface area contributed by atoms with E-state index in [9.17, 15) is 9.59 Å². The number of carbonyl (C=O) groups is 2. The molecule has 2 aromatic rings. The van der Waals surface area contributed by atoms with Crippen molar-refractivity contribution in [2.75, 3.05) is 12.9 Å². The van der Waals surface area contributed by atoms with E-state index in [-0.39, 0.29) is 17.6 Å². The number of benzene rings is 2. The first-order valence-electron chi connectivity index (χ1n) is 10.6. The van der Waals surface area contributed by atoms with Gasteiger partial charge < -0.3 is 10.1 Å². The summed E-state index contributed by atoms with van der Waals surface area (Å²) in [5, 5.41) is 3.41. The van der Waals surface area contributed by atoms with E-state index >= 15 is 0 Å². The Hall–Kier alpha value is -3.13. The molecule has 1 N–H and O–H groups in total. The summed E-state index contributed by atoms with van der Waals surface area (Å²) in [6.45, 7) is 4.56. The molecular formula is C24H26N4O3S. The van der Waals surface area contributed by atoms with Crippen molar-refractivity contribution in [2.24, 2.45) is 15.9 Å². The zero-order valence-corrected chi connectivity index (χ0v) is 19.2. The number of para-hydroxylation sites is 1. The van der Waals surface area contributed by atoms with Crippen molar-refractivity contribution in [1.29, 1.82) is 0 Å². The number of nitrogens with zero attached hydrogens (tertiary/aromatic N) is 3. The highest BCUT2D eigenvalue weighted by Gasteiger charge is 2.41.